The van der Waals surface area contributed by atoms with Crippen LogP contribution in [0.1, 0.15) is 30.4 Å². The summed E-state index contributed by atoms with van der Waals surface area (Å²) in [6.45, 7) is 6.01. The Labute approximate surface area is 152 Å². The normalized spacial score (nSPS) is 25.3. The first-order chi connectivity index (χ1) is 11.7. The van der Waals surface area contributed by atoms with Gasteiger partial charge in [-0.2, -0.15) is 11.8 Å². The molecule has 3 nitrogen and oxygen atoms in total. The fraction of sp³-hybridized carbons (Fsp3) is 0.700. The molecule has 0 radical (unpaired) electrons. The van der Waals surface area contributed by atoms with Crippen LogP contribution in [0, 0.1) is 0 Å². The first-order valence-electron chi connectivity index (χ1n) is 9.35. The number of benzene rings is 1. The molecule has 2 aliphatic heterocycles. The van der Waals surface area contributed by atoms with Gasteiger partial charge in [-0.3, -0.25) is 9.80 Å². The summed E-state index contributed by atoms with van der Waals surface area (Å²) in [7, 11) is 4.26. The molecule has 0 amide bonds. The topological polar surface area (TPSA) is 9.72 Å². The van der Waals surface area contributed by atoms with E-state index >= 15 is 0 Å². The van der Waals surface area contributed by atoms with Crippen molar-refractivity contribution < 1.29 is 0 Å². The second-order valence-corrected chi connectivity index (χ2v) is 8.70. The van der Waals surface area contributed by atoms with Crippen molar-refractivity contribution in [1.82, 2.24) is 14.7 Å². The second-order valence-electron chi connectivity index (χ2n) is 7.71. The Morgan fingerprint density at radius 1 is 1.12 bits per heavy atom. The molecule has 4 heteroatoms. The molecular weight excluding hydrogens is 314 g/mol. The molecule has 0 N–H and O–H groups in total. The predicted molar refractivity (Wildman–Crippen MR) is 106 cm³/mol. The van der Waals surface area contributed by atoms with Gasteiger partial charge in [-0.15, -0.1) is 0 Å². The third kappa shape index (κ3) is 4.75. The zero-order chi connectivity index (χ0) is 16.9. The van der Waals surface area contributed by atoms with Crippen molar-refractivity contribution in [3.63, 3.8) is 0 Å². The highest BCUT2D eigenvalue weighted by molar-refractivity contribution is 7.98. The molecule has 2 saturated heterocycles. The average molecular weight is 348 g/mol. The van der Waals surface area contributed by atoms with Gasteiger partial charge >= 0.3 is 0 Å². The molecule has 0 bridgehead atoms. The number of rotatable bonds is 7. The van der Waals surface area contributed by atoms with E-state index in [4.69, 9.17) is 0 Å². The van der Waals surface area contributed by atoms with Crippen molar-refractivity contribution in [1.29, 1.82) is 0 Å². The van der Waals surface area contributed by atoms with E-state index in [1.54, 1.807) is 0 Å². The summed E-state index contributed by atoms with van der Waals surface area (Å²) in [6.07, 6.45) is 6.35. The maximum atomic E-state index is 2.77. The van der Waals surface area contributed by atoms with E-state index < -0.39 is 0 Å². The Kier molecular flexibility index (Phi) is 6.62. The van der Waals surface area contributed by atoms with Crippen molar-refractivity contribution in [2.45, 2.75) is 44.4 Å². The third-order valence-electron chi connectivity index (χ3n) is 5.47. The summed E-state index contributed by atoms with van der Waals surface area (Å²) in [6, 6.07) is 10.8. The Bertz CT molecular complexity index is 502. The quantitative estimate of drug-likeness (QED) is 0.749. The van der Waals surface area contributed by atoms with Crippen LogP contribution in [0.25, 0.3) is 0 Å². The van der Waals surface area contributed by atoms with Crippen LogP contribution >= 0.6 is 11.8 Å². The molecule has 2 aliphatic rings. The molecule has 0 spiro atoms. The van der Waals surface area contributed by atoms with Crippen LogP contribution in [0.4, 0.5) is 0 Å². The summed E-state index contributed by atoms with van der Waals surface area (Å²) < 4.78 is 0. The summed E-state index contributed by atoms with van der Waals surface area (Å²) >= 11 is 1.99. The minimum atomic E-state index is 0.730. The largest absolute Gasteiger partial charge is 0.305 e. The highest BCUT2D eigenvalue weighted by Gasteiger charge is 2.35. The van der Waals surface area contributed by atoms with Gasteiger partial charge in [0.2, 0.25) is 0 Å². The van der Waals surface area contributed by atoms with Gasteiger partial charge in [0.05, 0.1) is 0 Å². The number of piperazine rings is 1. The van der Waals surface area contributed by atoms with Crippen LogP contribution < -0.4 is 0 Å². The Hall–Kier alpha value is -0.550. The lowest BCUT2D eigenvalue weighted by Gasteiger charge is -2.44. The molecule has 0 unspecified atom stereocenters. The molecule has 1 aromatic carbocycles. The lowest BCUT2D eigenvalue weighted by molar-refractivity contribution is 0.0442. The maximum Gasteiger partial charge on any atom is 0.0237 e. The minimum absolute atomic E-state index is 0.730. The monoisotopic (exact) mass is 347 g/mol. The summed E-state index contributed by atoms with van der Waals surface area (Å²) in [5.41, 5.74) is 2.88. The molecule has 2 heterocycles. The smallest absolute Gasteiger partial charge is 0.0237 e. The first kappa shape index (κ1) is 18.2. The highest BCUT2D eigenvalue weighted by Crippen LogP contribution is 2.27. The average Bonchev–Trinajstić information content (AvgIpc) is 3.01. The molecule has 2 atom stereocenters. The summed E-state index contributed by atoms with van der Waals surface area (Å²) in [4.78, 5) is 7.75. The molecule has 3 rings (SSSR count). The number of hydrogen-bond acceptors (Lipinski definition) is 4. The molecule has 0 aliphatic carbocycles. The predicted octanol–water partition coefficient (Wildman–Crippen LogP) is 3.15. The highest BCUT2D eigenvalue weighted by atomic mass is 32.2. The molecule has 24 heavy (non-hydrogen) atoms. The fourth-order valence-corrected chi connectivity index (χ4v) is 4.73. The summed E-state index contributed by atoms with van der Waals surface area (Å²) in [5.74, 6) is 1.28. The first-order valence-corrected chi connectivity index (χ1v) is 10.7. The standard InChI is InChI=1S/C20H33N3S/c1-21(2)13-17-6-8-18(9-7-17)14-23-16-19-5-4-11-22(19)15-20(23)10-12-24-3/h6-9,19-20H,4-5,10-16H2,1-3H3/t19-,20-/m0/s1. The van der Waals surface area contributed by atoms with Crippen LogP contribution in [-0.4, -0.2) is 72.5 Å². The molecule has 0 saturated carbocycles. The van der Waals surface area contributed by atoms with E-state index in [9.17, 15) is 0 Å². The van der Waals surface area contributed by atoms with Gasteiger partial charge < -0.3 is 4.90 Å². The minimum Gasteiger partial charge on any atom is -0.305 e. The van der Waals surface area contributed by atoms with E-state index in [-0.39, 0.29) is 0 Å². The molecule has 134 valence electrons. The zero-order valence-electron chi connectivity index (χ0n) is 15.6. The van der Waals surface area contributed by atoms with Crippen LogP contribution in [0.15, 0.2) is 24.3 Å². The molecule has 2 fully saturated rings. The van der Waals surface area contributed by atoms with Gasteiger partial charge in [-0.05, 0) is 63.0 Å². The van der Waals surface area contributed by atoms with Gasteiger partial charge in [-0.1, -0.05) is 24.3 Å². The van der Waals surface area contributed by atoms with E-state index in [2.05, 4.69) is 59.3 Å². The fourth-order valence-electron chi connectivity index (χ4n) is 4.22. The number of fused-ring (bicyclic) bond motifs is 1. The Morgan fingerprint density at radius 2 is 1.88 bits per heavy atom. The lowest BCUT2D eigenvalue weighted by atomic mass is 10.0. The molecular formula is C20H33N3S. The van der Waals surface area contributed by atoms with E-state index in [0.29, 0.717) is 0 Å². The zero-order valence-corrected chi connectivity index (χ0v) is 16.4. The van der Waals surface area contributed by atoms with Crippen molar-refractivity contribution in [3.8, 4) is 0 Å². The van der Waals surface area contributed by atoms with E-state index in [1.807, 2.05) is 11.8 Å². The SMILES string of the molecule is CSCC[C@H]1CN2CCC[C@H]2CN1Cc1ccc(CN(C)C)cc1. The van der Waals surface area contributed by atoms with Gasteiger partial charge in [-0.25, -0.2) is 0 Å². The van der Waals surface area contributed by atoms with E-state index in [0.717, 1.165) is 25.2 Å². The second kappa shape index (κ2) is 8.70. The molecule has 1 aromatic rings. The number of nitrogens with zero attached hydrogens (tertiary/aromatic N) is 3. The van der Waals surface area contributed by atoms with Crippen LogP contribution in [0.5, 0.6) is 0 Å². The van der Waals surface area contributed by atoms with Crippen LogP contribution in [-0.2, 0) is 13.1 Å². The van der Waals surface area contributed by atoms with Gasteiger partial charge in [0.15, 0.2) is 0 Å². The van der Waals surface area contributed by atoms with Gasteiger partial charge in [0.1, 0.15) is 0 Å². The number of hydrogen-bond donors (Lipinski definition) is 0. The maximum absolute atomic E-state index is 2.77. The van der Waals surface area contributed by atoms with Crippen LogP contribution in [0.2, 0.25) is 0 Å². The van der Waals surface area contributed by atoms with Crippen molar-refractivity contribution in [2.75, 3.05) is 45.7 Å². The van der Waals surface area contributed by atoms with Crippen molar-refractivity contribution in [3.05, 3.63) is 35.4 Å². The summed E-state index contributed by atoms with van der Waals surface area (Å²) in [5, 5.41) is 0. The number of thioether (sulfide) groups is 1. The molecule has 0 aromatic heterocycles. The lowest BCUT2D eigenvalue weighted by Crippen LogP contribution is -2.55. The van der Waals surface area contributed by atoms with Crippen molar-refractivity contribution >= 4 is 11.8 Å². The van der Waals surface area contributed by atoms with Crippen LogP contribution in [0.3, 0.4) is 0 Å². The van der Waals surface area contributed by atoms with Gasteiger partial charge in [0.25, 0.3) is 0 Å². The Morgan fingerprint density at radius 3 is 2.58 bits per heavy atom. The third-order valence-corrected chi connectivity index (χ3v) is 6.11. The van der Waals surface area contributed by atoms with Crippen molar-refractivity contribution in [2.24, 2.45) is 0 Å². The van der Waals surface area contributed by atoms with Gasteiger partial charge in [0, 0.05) is 38.3 Å². The van der Waals surface area contributed by atoms with E-state index in [1.165, 1.54) is 55.8 Å². The Balaban J connectivity index is 1.63.